The Morgan fingerprint density at radius 2 is 2.18 bits per heavy atom. The van der Waals surface area contributed by atoms with Gasteiger partial charge in [0.05, 0.1) is 10.9 Å². The van der Waals surface area contributed by atoms with Crippen LogP contribution in [0, 0.1) is 5.41 Å². The number of nitrogens with one attached hydrogen (secondary N) is 1. The lowest BCUT2D eigenvalue weighted by molar-refractivity contribution is 0.0997. The van der Waals surface area contributed by atoms with Crippen molar-refractivity contribution in [3.63, 3.8) is 0 Å². The number of H-pyrrole nitrogens is 1. The summed E-state index contributed by atoms with van der Waals surface area (Å²) >= 11 is 0. The van der Waals surface area contributed by atoms with E-state index >= 15 is 0 Å². The second kappa shape index (κ2) is 4.66. The molecule has 114 valence electrons. The number of aromatic nitrogens is 2. The fourth-order valence-corrected chi connectivity index (χ4v) is 3.97. The molecule has 2 aliphatic rings. The van der Waals surface area contributed by atoms with Crippen LogP contribution in [0.25, 0.3) is 10.9 Å². The van der Waals surface area contributed by atoms with Gasteiger partial charge in [-0.1, -0.05) is 6.42 Å². The van der Waals surface area contributed by atoms with E-state index in [2.05, 4.69) is 9.97 Å². The second-order valence-corrected chi connectivity index (χ2v) is 6.83. The average Bonchev–Trinajstić information content (AvgIpc) is 3.25. The standard InChI is InChI=1S/C17H19N3O2/c18-16(22)15-14-11(3-7-19-15)20-12(8-13(14)21)10-2-1-4-17(9-10)5-6-17/h3,7-8,10H,1-2,4-6,9H2,(H2,18,22)(H,20,21)/t10-/m0/s1. The first-order valence-corrected chi connectivity index (χ1v) is 7.90. The van der Waals surface area contributed by atoms with E-state index in [0.717, 1.165) is 12.1 Å². The maximum atomic E-state index is 12.5. The van der Waals surface area contributed by atoms with Crippen LogP contribution in [0.5, 0.6) is 0 Å². The van der Waals surface area contributed by atoms with E-state index in [1.54, 1.807) is 12.1 Å². The Hall–Kier alpha value is -2.17. The van der Waals surface area contributed by atoms with Gasteiger partial charge in [0.25, 0.3) is 5.91 Å². The van der Waals surface area contributed by atoms with Crippen molar-refractivity contribution in [1.29, 1.82) is 0 Å². The van der Waals surface area contributed by atoms with Crippen LogP contribution in [0.4, 0.5) is 0 Å². The van der Waals surface area contributed by atoms with Crippen molar-refractivity contribution in [2.45, 2.75) is 44.4 Å². The molecule has 4 rings (SSSR count). The Bertz CT molecular complexity index is 820. The van der Waals surface area contributed by atoms with Crippen LogP contribution in [0.15, 0.2) is 23.1 Å². The van der Waals surface area contributed by atoms with Gasteiger partial charge in [0.2, 0.25) is 0 Å². The minimum Gasteiger partial charge on any atom is -0.364 e. The summed E-state index contributed by atoms with van der Waals surface area (Å²) in [5.41, 5.74) is 7.39. The zero-order valence-electron chi connectivity index (χ0n) is 12.4. The van der Waals surface area contributed by atoms with E-state index in [9.17, 15) is 9.59 Å². The average molecular weight is 297 g/mol. The molecular weight excluding hydrogens is 278 g/mol. The Morgan fingerprint density at radius 1 is 1.36 bits per heavy atom. The second-order valence-electron chi connectivity index (χ2n) is 6.83. The minimum absolute atomic E-state index is 0.0487. The highest BCUT2D eigenvalue weighted by atomic mass is 16.1. The first-order valence-electron chi connectivity index (χ1n) is 7.90. The van der Waals surface area contributed by atoms with Gasteiger partial charge in [-0.05, 0) is 49.5 Å². The molecule has 2 heterocycles. The Labute approximate surface area is 127 Å². The van der Waals surface area contributed by atoms with Crippen LogP contribution in [0.1, 0.15) is 60.6 Å². The third-order valence-corrected chi connectivity index (χ3v) is 5.33. The third-order valence-electron chi connectivity index (χ3n) is 5.33. The first kappa shape index (κ1) is 13.5. The van der Waals surface area contributed by atoms with Crippen molar-refractivity contribution in [1.82, 2.24) is 9.97 Å². The van der Waals surface area contributed by atoms with Crippen LogP contribution in [-0.4, -0.2) is 15.9 Å². The molecule has 2 fully saturated rings. The van der Waals surface area contributed by atoms with Crippen molar-refractivity contribution in [3.8, 4) is 0 Å². The summed E-state index contributed by atoms with van der Waals surface area (Å²) in [7, 11) is 0. The van der Waals surface area contributed by atoms with Crippen LogP contribution < -0.4 is 11.2 Å². The molecule has 0 saturated heterocycles. The van der Waals surface area contributed by atoms with Crippen molar-refractivity contribution in [2.75, 3.05) is 0 Å². The number of primary amides is 1. The maximum absolute atomic E-state index is 12.5. The van der Waals surface area contributed by atoms with Crippen LogP contribution in [0.2, 0.25) is 0 Å². The highest BCUT2D eigenvalue weighted by molar-refractivity contribution is 6.03. The number of carbonyl (C=O) groups is 1. The molecular formula is C17H19N3O2. The summed E-state index contributed by atoms with van der Waals surface area (Å²) in [6, 6.07) is 3.38. The quantitative estimate of drug-likeness (QED) is 0.892. The monoisotopic (exact) mass is 297 g/mol. The number of hydrogen-bond acceptors (Lipinski definition) is 3. The highest BCUT2D eigenvalue weighted by Gasteiger charge is 2.46. The lowest BCUT2D eigenvalue weighted by atomic mass is 9.77. The summed E-state index contributed by atoms with van der Waals surface area (Å²) < 4.78 is 0. The molecule has 1 amide bonds. The molecule has 2 aromatic heterocycles. The molecule has 5 nitrogen and oxygen atoms in total. The molecule has 1 spiro atoms. The normalized spacial score (nSPS) is 22.8. The summed E-state index contributed by atoms with van der Waals surface area (Å²) in [4.78, 5) is 31.2. The van der Waals surface area contributed by atoms with E-state index in [4.69, 9.17) is 5.73 Å². The predicted octanol–water partition coefficient (Wildman–Crippen LogP) is 2.46. The van der Waals surface area contributed by atoms with Gasteiger partial charge in [0.1, 0.15) is 5.69 Å². The molecule has 2 saturated carbocycles. The van der Waals surface area contributed by atoms with Gasteiger partial charge >= 0.3 is 0 Å². The number of nitrogens with zero attached hydrogens (tertiary/aromatic N) is 1. The first-order chi connectivity index (χ1) is 10.6. The summed E-state index contributed by atoms with van der Waals surface area (Å²) in [5.74, 6) is -0.253. The molecule has 3 N–H and O–H groups in total. The van der Waals surface area contributed by atoms with Crippen LogP contribution in [-0.2, 0) is 0 Å². The molecule has 0 aliphatic heterocycles. The minimum atomic E-state index is -0.668. The lowest BCUT2D eigenvalue weighted by Gasteiger charge is -2.29. The van der Waals surface area contributed by atoms with E-state index in [-0.39, 0.29) is 11.1 Å². The topological polar surface area (TPSA) is 88.8 Å². The van der Waals surface area contributed by atoms with E-state index in [1.165, 1.54) is 38.3 Å². The molecule has 2 aliphatic carbocycles. The van der Waals surface area contributed by atoms with Crippen LogP contribution >= 0.6 is 0 Å². The molecule has 1 atom stereocenters. The molecule has 22 heavy (non-hydrogen) atoms. The summed E-state index contributed by atoms with van der Waals surface area (Å²) in [5, 5.41) is 0.302. The van der Waals surface area contributed by atoms with Crippen LogP contribution in [0.3, 0.4) is 0 Å². The van der Waals surface area contributed by atoms with Gasteiger partial charge in [0, 0.05) is 18.0 Å². The number of hydrogen-bond donors (Lipinski definition) is 2. The van der Waals surface area contributed by atoms with E-state index < -0.39 is 5.91 Å². The van der Waals surface area contributed by atoms with Gasteiger partial charge in [-0.3, -0.25) is 14.6 Å². The maximum Gasteiger partial charge on any atom is 0.268 e. The lowest BCUT2D eigenvalue weighted by Crippen LogP contribution is -2.20. The number of carbonyl (C=O) groups excluding carboxylic acids is 1. The molecule has 0 radical (unpaired) electrons. The van der Waals surface area contributed by atoms with Gasteiger partial charge in [-0.25, -0.2) is 0 Å². The SMILES string of the molecule is NC(=O)c1nccc2[nH]c([C@H]3CCCC4(CC4)C3)cc(=O)c12. The highest BCUT2D eigenvalue weighted by Crippen LogP contribution is 2.59. The molecule has 0 aromatic carbocycles. The zero-order chi connectivity index (χ0) is 15.3. The van der Waals surface area contributed by atoms with Gasteiger partial charge in [0.15, 0.2) is 5.43 Å². The molecule has 5 heteroatoms. The zero-order valence-corrected chi connectivity index (χ0v) is 12.4. The Morgan fingerprint density at radius 3 is 2.91 bits per heavy atom. The van der Waals surface area contributed by atoms with Gasteiger partial charge < -0.3 is 10.7 Å². The van der Waals surface area contributed by atoms with E-state index in [0.29, 0.717) is 22.2 Å². The van der Waals surface area contributed by atoms with Crippen molar-refractivity contribution < 1.29 is 4.79 Å². The molecule has 0 unspecified atom stereocenters. The largest absolute Gasteiger partial charge is 0.364 e. The fourth-order valence-electron chi connectivity index (χ4n) is 3.97. The number of pyridine rings is 2. The summed E-state index contributed by atoms with van der Waals surface area (Å²) in [6.07, 6.45) is 9.03. The third kappa shape index (κ3) is 2.12. The fraction of sp³-hybridized carbons (Fsp3) is 0.471. The van der Waals surface area contributed by atoms with Crippen molar-refractivity contribution >= 4 is 16.8 Å². The molecule has 0 bridgehead atoms. The van der Waals surface area contributed by atoms with Gasteiger partial charge in [-0.15, -0.1) is 0 Å². The number of nitrogens with two attached hydrogens (primary N) is 1. The molecule has 2 aromatic rings. The predicted molar refractivity (Wildman–Crippen MR) is 83.8 cm³/mol. The van der Waals surface area contributed by atoms with E-state index in [1.807, 2.05) is 0 Å². The van der Waals surface area contributed by atoms with Gasteiger partial charge in [-0.2, -0.15) is 0 Å². The number of amides is 1. The van der Waals surface area contributed by atoms with Crippen molar-refractivity contribution in [3.05, 3.63) is 39.9 Å². The Balaban J connectivity index is 1.80. The number of rotatable bonds is 2. The Kier molecular flexibility index (Phi) is 2.86. The summed E-state index contributed by atoms with van der Waals surface area (Å²) in [6.45, 7) is 0. The number of fused-ring (bicyclic) bond motifs is 1. The number of aromatic amines is 1. The van der Waals surface area contributed by atoms with Crippen molar-refractivity contribution in [2.24, 2.45) is 11.1 Å². The smallest absolute Gasteiger partial charge is 0.268 e.